The third-order valence-corrected chi connectivity index (χ3v) is 5.84. The van der Waals surface area contributed by atoms with Crippen molar-refractivity contribution in [1.29, 1.82) is 0 Å². The van der Waals surface area contributed by atoms with E-state index in [1.807, 2.05) is 0 Å². The summed E-state index contributed by atoms with van der Waals surface area (Å²) in [6.07, 6.45) is 3.14. The van der Waals surface area contributed by atoms with Crippen molar-refractivity contribution in [3.05, 3.63) is 84.5 Å². The first kappa shape index (κ1) is 23.7. The lowest BCUT2D eigenvalue weighted by molar-refractivity contribution is -0.386. The Morgan fingerprint density at radius 1 is 1.09 bits per heavy atom. The van der Waals surface area contributed by atoms with Crippen LogP contribution in [0, 0.1) is 24.0 Å². The lowest BCUT2D eigenvalue weighted by Crippen LogP contribution is -2.16. The lowest BCUT2D eigenvalue weighted by atomic mass is 10.2. The highest BCUT2D eigenvalue weighted by molar-refractivity contribution is 6.35. The standard InChI is InChI=1S/C20H17Cl3N8O3/c1-11-18(31(33)34)12(2)30(25-11)10-28-6-5-17(26-28)20(32)24-19-16(23)9-29(27-19)8-13-3-4-14(21)7-15(13)22/h3-7,9H,8,10H2,1-2H3,(H,24,27,32). The van der Waals surface area contributed by atoms with Crippen molar-refractivity contribution in [2.45, 2.75) is 27.1 Å². The topological polar surface area (TPSA) is 126 Å². The summed E-state index contributed by atoms with van der Waals surface area (Å²) < 4.78 is 4.44. The molecule has 0 aliphatic heterocycles. The molecule has 0 aliphatic carbocycles. The van der Waals surface area contributed by atoms with Crippen molar-refractivity contribution in [1.82, 2.24) is 29.3 Å². The van der Waals surface area contributed by atoms with Crippen molar-refractivity contribution >= 4 is 52.2 Å². The van der Waals surface area contributed by atoms with E-state index in [4.69, 9.17) is 34.8 Å². The summed E-state index contributed by atoms with van der Waals surface area (Å²) in [5.74, 6) is -0.352. The average molecular weight is 524 g/mol. The summed E-state index contributed by atoms with van der Waals surface area (Å²) in [5, 5.41) is 27.8. The third-order valence-electron chi connectivity index (χ3n) is 4.97. The molecule has 0 aliphatic rings. The predicted octanol–water partition coefficient (Wildman–Crippen LogP) is 4.57. The normalized spacial score (nSPS) is 11.1. The predicted molar refractivity (Wildman–Crippen MR) is 127 cm³/mol. The molecule has 176 valence electrons. The second kappa shape index (κ2) is 9.45. The molecule has 0 saturated carbocycles. The average Bonchev–Trinajstić information content (AvgIpc) is 3.43. The molecule has 4 aromatic rings. The Hall–Kier alpha value is -3.41. The first-order valence-corrected chi connectivity index (χ1v) is 11.0. The Balaban J connectivity index is 1.45. The van der Waals surface area contributed by atoms with Gasteiger partial charge in [0.15, 0.2) is 11.5 Å². The minimum Gasteiger partial charge on any atom is -0.302 e. The SMILES string of the molecule is Cc1nn(Cn2ccc(C(=O)Nc3nn(Cc4ccc(Cl)cc4Cl)cc3Cl)n2)c(C)c1[N+](=O)[O-]. The quantitative estimate of drug-likeness (QED) is 0.279. The van der Waals surface area contributed by atoms with Gasteiger partial charge < -0.3 is 5.32 Å². The van der Waals surface area contributed by atoms with Gasteiger partial charge in [-0.3, -0.25) is 24.3 Å². The van der Waals surface area contributed by atoms with Gasteiger partial charge in [0.05, 0.1) is 11.5 Å². The minimum absolute atomic E-state index is 0.0461. The zero-order valence-corrected chi connectivity index (χ0v) is 20.1. The van der Waals surface area contributed by atoms with Crippen LogP contribution in [-0.2, 0) is 13.2 Å². The van der Waals surface area contributed by atoms with E-state index in [-0.39, 0.29) is 28.9 Å². The van der Waals surface area contributed by atoms with Gasteiger partial charge in [0.1, 0.15) is 23.1 Å². The lowest BCUT2D eigenvalue weighted by Gasteiger charge is -2.05. The van der Waals surface area contributed by atoms with Gasteiger partial charge in [0.2, 0.25) is 0 Å². The van der Waals surface area contributed by atoms with Crippen LogP contribution in [0.1, 0.15) is 27.4 Å². The molecule has 0 fully saturated rings. The smallest absolute Gasteiger partial charge is 0.302 e. The highest BCUT2D eigenvalue weighted by atomic mass is 35.5. The summed E-state index contributed by atoms with van der Waals surface area (Å²) in [6.45, 7) is 3.60. The number of carbonyl (C=O) groups excluding carboxylic acids is 1. The number of hydrogen-bond donors (Lipinski definition) is 1. The minimum atomic E-state index is -0.519. The number of aryl methyl sites for hydroxylation is 1. The number of halogens is 3. The number of nitrogens with one attached hydrogen (secondary N) is 1. The van der Waals surface area contributed by atoms with Crippen LogP contribution in [0.5, 0.6) is 0 Å². The van der Waals surface area contributed by atoms with E-state index in [2.05, 4.69) is 20.6 Å². The second-order valence-electron chi connectivity index (χ2n) is 7.37. The van der Waals surface area contributed by atoms with Crippen LogP contribution in [0.3, 0.4) is 0 Å². The highest BCUT2D eigenvalue weighted by Crippen LogP contribution is 2.25. The molecule has 4 rings (SSSR count). The number of benzene rings is 1. The van der Waals surface area contributed by atoms with Crippen molar-refractivity contribution in [3.8, 4) is 0 Å². The van der Waals surface area contributed by atoms with Crippen molar-refractivity contribution < 1.29 is 9.72 Å². The van der Waals surface area contributed by atoms with Gasteiger partial charge in [-0.25, -0.2) is 4.68 Å². The molecule has 1 N–H and O–H groups in total. The van der Waals surface area contributed by atoms with Gasteiger partial charge >= 0.3 is 5.69 Å². The van der Waals surface area contributed by atoms with Gasteiger partial charge in [-0.15, -0.1) is 0 Å². The molecular formula is C20H17Cl3N8O3. The number of nitro groups is 1. The van der Waals surface area contributed by atoms with E-state index in [0.717, 1.165) is 5.56 Å². The van der Waals surface area contributed by atoms with Crippen LogP contribution in [0.4, 0.5) is 11.5 Å². The van der Waals surface area contributed by atoms with Crippen molar-refractivity contribution in [3.63, 3.8) is 0 Å². The molecule has 3 aromatic heterocycles. The fourth-order valence-electron chi connectivity index (χ4n) is 3.35. The maximum absolute atomic E-state index is 12.7. The summed E-state index contributed by atoms with van der Waals surface area (Å²) in [7, 11) is 0. The number of aromatic nitrogens is 6. The number of anilines is 1. The highest BCUT2D eigenvalue weighted by Gasteiger charge is 2.22. The molecule has 11 nitrogen and oxygen atoms in total. The fourth-order valence-corrected chi connectivity index (χ4v) is 4.01. The molecule has 0 unspecified atom stereocenters. The van der Waals surface area contributed by atoms with Crippen molar-refractivity contribution in [2.75, 3.05) is 5.32 Å². The first-order chi connectivity index (χ1) is 16.1. The third kappa shape index (κ3) is 4.91. The second-order valence-corrected chi connectivity index (χ2v) is 8.62. The number of rotatable bonds is 7. The van der Waals surface area contributed by atoms with Crippen LogP contribution in [0.15, 0.2) is 36.7 Å². The Labute approximate surface area is 208 Å². The summed E-state index contributed by atoms with van der Waals surface area (Å²) >= 11 is 18.4. The van der Waals surface area contributed by atoms with Crippen LogP contribution >= 0.6 is 34.8 Å². The number of nitrogens with zero attached hydrogens (tertiary/aromatic N) is 7. The van der Waals surface area contributed by atoms with E-state index < -0.39 is 10.8 Å². The number of hydrogen-bond acceptors (Lipinski definition) is 6. The molecule has 14 heteroatoms. The van der Waals surface area contributed by atoms with Crippen LogP contribution in [0.25, 0.3) is 0 Å². The summed E-state index contributed by atoms with van der Waals surface area (Å²) in [6, 6.07) is 6.64. The maximum Gasteiger partial charge on any atom is 0.312 e. The fraction of sp³-hybridized carbons (Fsp3) is 0.200. The van der Waals surface area contributed by atoms with Crippen molar-refractivity contribution in [2.24, 2.45) is 0 Å². The molecular weight excluding hydrogens is 507 g/mol. The number of carbonyl (C=O) groups is 1. The summed E-state index contributed by atoms with van der Waals surface area (Å²) in [5.41, 5.74) is 1.55. The first-order valence-electron chi connectivity index (χ1n) is 9.82. The molecule has 0 spiro atoms. The molecule has 1 amide bonds. The molecule has 3 heterocycles. The van der Waals surface area contributed by atoms with E-state index in [0.29, 0.717) is 28.0 Å². The van der Waals surface area contributed by atoms with Gasteiger partial charge in [-0.05, 0) is 37.6 Å². The largest absolute Gasteiger partial charge is 0.312 e. The maximum atomic E-state index is 12.7. The summed E-state index contributed by atoms with van der Waals surface area (Å²) in [4.78, 5) is 23.4. The molecule has 0 atom stereocenters. The Morgan fingerprint density at radius 2 is 1.85 bits per heavy atom. The Morgan fingerprint density at radius 3 is 2.53 bits per heavy atom. The zero-order chi connectivity index (χ0) is 24.6. The molecule has 1 aromatic carbocycles. The molecule has 0 radical (unpaired) electrons. The zero-order valence-electron chi connectivity index (χ0n) is 17.9. The van der Waals surface area contributed by atoms with E-state index >= 15 is 0 Å². The monoisotopic (exact) mass is 522 g/mol. The molecule has 34 heavy (non-hydrogen) atoms. The Bertz CT molecular complexity index is 1410. The van der Waals surface area contributed by atoms with Crippen LogP contribution < -0.4 is 5.32 Å². The van der Waals surface area contributed by atoms with E-state index in [1.54, 1.807) is 49.1 Å². The molecule has 0 bridgehead atoms. The van der Waals surface area contributed by atoms with Gasteiger partial charge in [0, 0.05) is 22.4 Å². The van der Waals surface area contributed by atoms with E-state index in [1.165, 1.54) is 15.4 Å². The van der Waals surface area contributed by atoms with Gasteiger partial charge in [-0.1, -0.05) is 40.9 Å². The Kier molecular flexibility index (Phi) is 6.60. The number of amides is 1. The van der Waals surface area contributed by atoms with E-state index in [9.17, 15) is 14.9 Å². The molecule has 0 saturated heterocycles. The van der Waals surface area contributed by atoms with Crippen LogP contribution in [-0.4, -0.2) is 40.2 Å². The van der Waals surface area contributed by atoms with Gasteiger partial charge in [-0.2, -0.15) is 15.3 Å². The van der Waals surface area contributed by atoms with Gasteiger partial charge in [0.25, 0.3) is 5.91 Å². The van der Waals surface area contributed by atoms with Crippen LogP contribution in [0.2, 0.25) is 15.1 Å².